The summed E-state index contributed by atoms with van der Waals surface area (Å²) in [6.45, 7) is 6.22. The first-order valence-corrected chi connectivity index (χ1v) is 6.64. The fraction of sp³-hybridized carbons (Fsp3) is 0.667. The van der Waals surface area contributed by atoms with Gasteiger partial charge in [-0.1, -0.05) is 13.8 Å². The van der Waals surface area contributed by atoms with E-state index in [2.05, 4.69) is 24.1 Å². The second kappa shape index (κ2) is 6.71. The van der Waals surface area contributed by atoms with Crippen molar-refractivity contribution in [2.24, 2.45) is 5.92 Å². The van der Waals surface area contributed by atoms with E-state index in [0.29, 0.717) is 5.92 Å². The van der Waals surface area contributed by atoms with Crippen LogP contribution < -0.4 is 5.32 Å². The zero-order valence-electron chi connectivity index (χ0n) is 10.8. The maximum atomic E-state index is 11.7. The normalized spacial score (nSPS) is 14.6. The number of aromatic nitrogens is 1. The Labute approximate surface area is 106 Å². The Morgan fingerprint density at radius 3 is 2.71 bits per heavy atom. The van der Waals surface area contributed by atoms with Crippen LogP contribution in [0.1, 0.15) is 38.1 Å². The SMILES string of the molecule is COC(=O)C(CC(C)C)NC(C)c1cncs1. The number of esters is 1. The number of nitrogens with one attached hydrogen (secondary N) is 1. The summed E-state index contributed by atoms with van der Waals surface area (Å²) in [7, 11) is 1.43. The number of hydrogen-bond donors (Lipinski definition) is 1. The molecule has 0 fully saturated rings. The van der Waals surface area contributed by atoms with Crippen molar-refractivity contribution in [1.29, 1.82) is 0 Å². The second-order valence-corrected chi connectivity index (χ2v) is 5.42. The third-order valence-corrected chi connectivity index (χ3v) is 3.48. The highest BCUT2D eigenvalue weighted by Gasteiger charge is 2.23. The number of rotatable bonds is 6. The van der Waals surface area contributed by atoms with Crippen LogP contribution in [0.2, 0.25) is 0 Å². The molecule has 1 rings (SSSR count). The number of hydrogen-bond acceptors (Lipinski definition) is 5. The van der Waals surface area contributed by atoms with Gasteiger partial charge in [-0.3, -0.25) is 15.1 Å². The molecule has 17 heavy (non-hydrogen) atoms. The van der Waals surface area contributed by atoms with Crippen LogP contribution in [-0.2, 0) is 9.53 Å². The molecule has 1 N–H and O–H groups in total. The predicted octanol–water partition coefficient (Wildman–Crippen LogP) is 2.38. The predicted molar refractivity (Wildman–Crippen MR) is 68.9 cm³/mol. The second-order valence-electron chi connectivity index (χ2n) is 4.50. The summed E-state index contributed by atoms with van der Waals surface area (Å²) in [5.41, 5.74) is 1.79. The first kappa shape index (κ1) is 14.1. The van der Waals surface area contributed by atoms with E-state index in [-0.39, 0.29) is 18.1 Å². The smallest absolute Gasteiger partial charge is 0.322 e. The molecule has 4 nitrogen and oxygen atoms in total. The zero-order valence-corrected chi connectivity index (χ0v) is 11.6. The summed E-state index contributed by atoms with van der Waals surface area (Å²) >= 11 is 1.59. The van der Waals surface area contributed by atoms with Crippen LogP contribution in [-0.4, -0.2) is 24.1 Å². The minimum atomic E-state index is -0.253. The van der Waals surface area contributed by atoms with E-state index in [4.69, 9.17) is 4.74 Å². The van der Waals surface area contributed by atoms with Crippen molar-refractivity contribution in [2.45, 2.75) is 39.3 Å². The molecule has 96 valence electrons. The molecule has 1 aromatic rings. The maximum absolute atomic E-state index is 11.7. The Balaban J connectivity index is 2.62. The number of nitrogens with zero attached hydrogens (tertiary/aromatic N) is 1. The van der Waals surface area contributed by atoms with Crippen LogP contribution in [0, 0.1) is 5.92 Å². The van der Waals surface area contributed by atoms with Gasteiger partial charge in [0.05, 0.1) is 12.6 Å². The van der Waals surface area contributed by atoms with Gasteiger partial charge in [-0.2, -0.15) is 0 Å². The van der Waals surface area contributed by atoms with Gasteiger partial charge in [0.1, 0.15) is 6.04 Å². The van der Waals surface area contributed by atoms with E-state index < -0.39 is 0 Å². The monoisotopic (exact) mass is 256 g/mol. The van der Waals surface area contributed by atoms with Gasteiger partial charge in [0.15, 0.2) is 0 Å². The average molecular weight is 256 g/mol. The molecule has 0 aromatic carbocycles. The molecule has 2 unspecified atom stereocenters. The van der Waals surface area contributed by atoms with E-state index in [1.807, 2.05) is 13.1 Å². The Morgan fingerprint density at radius 1 is 1.53 bits per heavy atom. The molecule has 2 atom stereocenters. The third kappa shape index (κ3) is 4.44. The number of methoxy groups -OCH3 is 1. The van der Waals surface area contributed by atoms with Crippen LogP contribution >= 0.6 is 11.3 Å². The van der Waals surface area contributed by atoms with Crippen LogP contribution in [0.3, 0.4) is 0 Å². The lowest BCUT2D eigenvalue weighted by atomic mass is 10.0. The topological polar surface area (TPSA) is 51.2 Å². The molecule has 1 aromatic heterocycles. The summed E-state index contributed by atoms with van der Waals surface area (Å²) in [5.74, 6) is 0.246. The Kier molecular flexibility index (Phi) is 5.58. The summed E-state index contributed by atoms with van der Waals surface area (Å²) in [4.78, 5) is 16.8. The van der Waals surface area contributed by atoms with Gasteiger partial charge in [0.25, 0.3) is 0 Å². The Morgan fingerprint density at radius 2 is 2.24 bits per heavy atom. The molecule has 0 aliphatic carbocycles. The molecule has 0 aliphatic rings. The fourth-order valence-electron chi connectivity index (χ4n) is 1.67. The zero-order chi connectivity index (χ0) is 12.8. The lowest BCUT2D eigenvalue weighted by Gasteiger charge is -2.22. The fourth-order valence-corrected chi connectivity index (χ4v) is 2.31. The highest BCUT2D eigenvalue weighted by Crippen LogP contribution is 2.18. The molecular weight excluding hydrogens is 236 g/mol. The number of thiazole rings is 1. The first-order valence-electron chi connectivity index (χ1n) is 5.76. The highest BCUT2D eigenvalue weighted by molar-refractivity contribution is 7.09. The van der Waals surface area contributed by atoms with Gasteiger partial charge in [0.2, 0.25) is 0 Å². The van der Waals surface area contributed by atoms with Gasteiger partial charge in [-0.05, 0) is 19.3 Å². The third-order valence-electron chi connectivity index (χ3n) is 2.52. The molecule has 0 bridgehead atoms. The molecule has 0 saturated heterocycles. The van der Waals surface area contributed by atoms with Crippen molar-refractivity contribution in [2.75, 3.05) is 7.11 Å². The van der Waals surface area contributed by atoms with E-state index in [1.165, 1.54) is 7.11 Å². The number of carbonyl (C=O) groups is 1. The minimum Gasteiger partial charge on any atom is -0.468 e. The highest BCUT2D eigenvalue weighted by atomic mass is 32.1. The largest absolute Gasteiger partial charge is 0.468 e. The van der Waals surface area contributed by atoms with Crippen molar-refractivity contribution in [3.8, 4) is 0 Å². The lowest BCUT2D eigenvalue weighted by molar-refractivity contribution is -0.143. The average Bonchev–Trinajstić information content (AvgIpc) is 2.79. The van der Waals surface area contributed by atoms with Crippen LogP contribution in [0.15, 0.2) is 11.7 Å². The summed E-state index contributed by atoms with van der Waals surface area (Å²) in [6, 6.07) is -0.137. The first-order chi connectivity index (χ1) is 8.04. The summed E-state index contributed by atoms with van der Waals surface area (Å²) < 4.78 is 4.82. The van der Waals surface area contributed by atoms with Gasteiger partial charge in [-0.25, -0.2) is 0 Å². The standard InChI is InChI=1S/C12H20N2O2S/c1-8(2)5-10(12(15)16-4)14-9(3)11-6-13-7-17-11/h6-10,14H,5H2,1-4H3. The molecule has 0 aliphatic heterocycles. The minimum absolute atomic E-state index is 0.116. The van der Waals surface area contributed by atoms with E-state index >= 15 is 0 Å². The molecule has 1 heterocycles. The Hall–Kier alpha value is -0.940. The van der Waals surface area contributed by atoms with Crippen LogP contribution in [0.4, 0.5) is 0 Å². The van der Waals surface area contributed by atoms with E-state index in [9.17, 15) is 4.79 Å². The van der Waals surface area contributed by atoms with Crippen molar-refractivity contribution in [3.63, 3.8) is 0 Å². The Bertz CT molecular complexity index is 338. The van der Waals surface area contributed by atoms with Crippen molar-refractivity contribution >= 4 is 17.3 Å². The number of carbonyl (C=O) groups excluding carboxylic acids is 1. The molecule has 0 amide bonds. The molecule has 0 spiro atoms. The van der Waals surface area contributed by atoms with Crippen LogP contribution in [0.25, 0.3) is 0 Å². The maximum Gasteiger partial charge on any atom is 0.322 e. The van der Waals surface area contributed by atoms with E-state index in [0.717, 1.165) is 11.3 Å². The molecular formula is C12H20N2O2S. The van der Waals surface area contributed by atoms with Crippen molar-refractivity contribution < 1.29 is 9.53 Å². The van der Waals surface area contributed by atoms with E-state index in [1.54, 1.807) is 16.8 Å². The molecule has 0 saturated carbocycles. The lowest BCUT2D eigenvalue weighted by Crippen LogP contribution is -2.39. The molecule has 5 heteroatoms. The quantitative estimate of drug-likeness (QED) is 0.794. The summed E-state index contributed by atoms with van der Waals surface area (Å²) in [5, 5.41) is 3.30. The van der Waals surface area contributed by atoms with Gasteiger partial charge in [0, 0.05) is 17.1 Å². The van der Waals surface area contributed by atoms with Gasteiger partial charge in [-0.15, -0.1) is 11.3 Å². The summed E-state index contributed by atoms with van der Waals surface area (Å²) in [6.07, 6.45) is 2.60. The van der Waals surface area contributed by atoms with Gasteiger partial charge < -0.3 is 4.74 Å². The van der Waals surface area contributed by atoms with Crippen molar-refractivity contribution in [3.05, 3.63) is 16.6 Å². The van der Waals surface area contributed by atoms with Gasteiger partial charge >= 0.3 is 5.97 Å². The van der Waals surface area contributed by atoms with Crippen molar-refractivity contribution in [1.82, 2.24) is 10.3 Å². The number of ether oxygens (including phenoxy) is 1. The molecule has 0 radical (unpaired) electrons. The van der Waals surface area contributed by atoms with Crippen LogP contribution in [0.5, 0.6) is 0 Å².